The molecule has 1 aromatic rings. The molecule has 1 aliphatic heterocycles. The third-order valence-corrected chi connectivity index (χ3v) is 2.87. The minimum atomic E-state index is 0.537. The number of nitriles is 1. The monoisotopic (exact) mass is 206 g/mol. The van der Waals surface area contributed by atoms with Crippen molar-refractivity contribution in [3.05, 3.63) is 28.8 Å². The molecule has 0 aliphatic carbocycles. The number of nitrogens with zero attached hydrogens (tertiary/aromatic N) is 2. The van der Waals surface area contributed by atoms with Gasteiger partial charge in [-0.05, 0) is 31.0 Å². The summed E-state index contributed by atoms with van der Waals surface area (Å²) in [6, 6.07) is 7.75. The molecule has 72 valence electrons. The van der Waals surface area contributed by atoms with Crippen molar-refractivity contribution in [2.24, 2.45) is 0 Å². The second-order valence-corrected chi connectivity index (χ2v) is 3.88. The molecular formula is C11H11ClN2. The summed E-state index contributed by atoms with van der Waals surface area (Å²) in [5.41, 5.74) is 1.68. The summed E-state index contributed by atoms with van der Waals surface area (Å²) in [7, 11) is 0. The van der Waals surface area contributed by atoms with Crippen LogP contribution in [0.3, 0.4) is 0 Å². The van der Waals surface area contributed by atoms with Gasteiger partial charge >= 0.3 is 0 Å². The molecule has 1 aromatic carbocycles. The lowest BCUT2D eigenvalue weighted by atomic mass is 10.2. The fourth-order valence-corrected chi connectivity index (χ4v) is 1.93. The van der Waals surface area contributed by atoms with Gasteiger partial charge in [-0.3, -0.25) is 0 Å². The van der Waals surface area contributed by atoms with Gasteiger partial charge in [0.25, 0.3) is 0 Å². The SMILES string of the molecule is N#Cc1cc(N2CCCC2)ccc1Cl. The highest BCUT2D eigenvalue weighted by molar-refractivity contribution is 6.31. The van der Waals surface area contributed by atoms with Crippen molar-refractivity contribution in [3.8, 4) is 6.07 Å². The van der Waals surface area contributed by atoms with E-state index in [9.17, 15) is 0 Å². The molecule has 0 unspecified atom stereocenters. The maximum absolute atomic E-state index is 8.83. The Balaban J connectivity index is 2.31. The molecule has 14 heavy (non-hydrogen) atoms. The summed E-state index contributed by atoms with van der Waals surface area (Å²) in [6.45, 7) is 2.18. The van der Waals surface area contributed by atoms with Gasteiger partial charge < -0.3 is 4.90 Å². The van der Waals surface area contributed by atoms with Gasteiger partial charge in [-0.1, -0.05) is 11.6 Å². The zero-order valence-electron chi connectivity index (χ0n) is 7.83. The van der Waals surface area contributed by atoms with Crippen LogP contribution < -0.4 is 4.90 Å². The lowest BCUT2D eigenvalue weighted by Crippen LogP contribution is -2.17. The molecule has 0 atom stereocenters. The fourth-order valence-electron chi connectivity index (χ4n) is 1.77. The smallest absolute Gasteiger partial charge is 0.101 e. The summed E-state index contributed by atoms with van der Waals surface area (Å²) in [4.78, 5) is 2.29. The maximum atomic E-state index is 8.83. The summed E-state index contributed by atoms with van der Waals surface area (Å²) in [5.74, 6) is 0. The van der Waals surface area contributed by atoms with Gasteiger partial charge in [-0.15, -0.1) is 0 Å². The molecule has 1 heterocycles. The van der Waals surface area contributed by atoms with Crippen LogP contribution in [-0.2, 0) is 0 Å². The van der Waals surface area contributed by atoms with Crippen LogP contribution in [0.5, 0.6) is 0 Å². The second kappa shape index (κ2) is 3.89. The molecule has 0 saturated carbocycles. The Morgan fingerprint density at radius 1 is 1.29 bits per heavy atom. The average Bonchev–Trinajstić information content (AvgIpc) is 2.71. The minimum absolute atomic E-state index is 0.537. The van der Waals surface area contributed by atoms with E-state index < -0.39 is 0 Å². The summed E-state index contributed by atoms with van der Waals surface area (Å²) < 4.78 is 0. The molecule has 1 aliphatic rings. The van der Waals surface area contributed by atoms with E-state index >= 15 is 0 Å². The van der Waals surface area contributed by atoms with Gasteiger partial charge in [0.05, 0.1) is 10.6 Å². The average molecular weight is 207 g/mol. The lowest BCUT2D eigenvalue weighted by Gasteiger charge is -2.17. The molecule has 0 aromatic heterocycles. The highest BCUT2D eigenvalue weighted by Gasteiger charge is 2.13. The van der Waals surface area contributed by atoms with E-state index in [1.54, 1.807) is 6.07 Å². The Kier molecular flexibility index (Phi) is 2.60. The van der Waals surface area contributed by atoms with Crippen molar-refractivity contribution in [2.75, 3.05) is 18.0 Å². The van der Waals surface area contributed by atoms with Gasteiger partial charge in [0, 0.05) is 18.8 Å². The molecule has 2 rings (SSSR count). The van der Waals surface area contributed by atoms with Crippen LogP contribution in [-0.4, -0.2) is 13.1 Å². The maximum Gasteiger partial charge on any atom is 0.101 e. The first-order valence-electron chi connectivity index (χ1n) is 4.76. The van der Waals surface area contributed by atoms with Crippen LogP contribution in [0.1, 0.15) is 18.4 Å². The Morgan fingerprint density at radius 3 is 2.64 bits per heavy atom. The van der Waals surface area contributed by atoms with Crippen LogP contribution in [0, 0.1) is 11.3 Å². The number of rotatable bonds is 1. The van der Waals surface area contributed by atoms with E-state index in [1.807, 2.05) is 12.1 Å². The molecule has 0 N–H and O–H groups in total. The van der Waals surface area contributed by atoms with Gasteiger partial charge in [-0.2, -0.15) is 5.26 Å². The molecule has 0 spiro atoms. The summed E-state index contributed by atoms with van der Waals surface area (Å²) in [6.07, 6.45) is 2.48. The van der Waals surface area contributed by atoms with E-state index in [2.05, 4.69) is 11.0 Å². The van der Waals surface area contributed by atoms with Crippen LogP contribution in [0.25, 0.3) is 0 Å². The third kappa shape index (κ3) is 1.69. The zero-order chi connectivity index (χ0) is 9.97. The number of anilines is 1. The standard InChI is InChI=1S/C11H11ClN2/c12-11-4-3-10(7-9(11)8-13)14-5-1-2-6-14/h3-4,7H,1-2,5-6H2. The Bertz CT molecular complexity index is 375. The van der Waals surface area contributed by atoms with Crippen molar-refractivity contribution in [3.63, 3.8) is 0 Å². The minimum Gasteiger partial charge on any atom is -0.371 e. The molecule has 0 radical (unpaired) electrons. The number of benzene rings is 1. The number of hydrogen-bond acceptors (Lipinski definition) is 2. The molecular weight excluding hydrogens is 196 g/mol. The van der Waals surface area contributed by atoms with E-state index in [4.69, 9.17) is 16.9 Å². The normalized spacial score (nSPS) is 15.6. The van der Waals surface area contributed by atoms with Crippen molar-refractivity contribution in [1.82, 2.24) is 0 Å². The highest BCUT2D eigenvalue weighted by atomic mass is 35.5. The third-order valence-electron chi connectivity index (χ3n) is 2.54. The van der Waals surface area contributed by atoms with Crippen LogP contribution in [0.4, 0.5) is 5.69 Å². The molecule has 1 fully saturated rings. The number of halogens is 1. The van der Waals surface area contributed by atoms with Crippen molar-refractivity contribution < 1.29 is 0 Å². The van der Waals surface area contributed by atoms with Crippen molar-refractivity contribution >= 4 is 17.3 Å². The van der Waals surface area contributed by atoms with Crippen LogP contribution in [0.2, 0.25) is 5.02 Å². The van der Waals surface area contributed by atoms with Gasteiger partial charge in [0.1, 0.15) is 6.07 Å². The summed E-state index contributed by atoms with van der Waals surface area (Å²) >= 11 is 5.86. The van der Waals surface area contributed by atoms with E-state index in [1.165, 1.54) is 12.8 Å². The first-order valence-corrected chi connectivity index (χ1v) is 5.13. The molecule has 1 saturated heterocycles. The molecule has 0 amide bonds. The Morgan fingerprint density at radius 2 is 2.00 bits per heavy atom. The van der Waals surface area contributed by atoms with Crippen LogP contribution >= 0.6 is 11.6 Å². The molecule has 3 heteroatoms. The number of hydrogen-bond donors (Lipinski definition) is 0. The summed E-state index contributed by atoms with van der Waals surface area (Å²) in [5, 5.41) is 9.37. The molecule has 0 bridgehead atoms. The van der Waals surface area contributed by atoms with Crippen molar-refractivity contribution in [2.45, 2.75) is 12.8 Å². The topological polar surface area (TPSA) is 27.0 Å². The Hall–Kier alpha value is -1.20. The zero-order valence-corrected chi connectivity index (χ0v) is 8.59. The van der Waals surface area contributed by atoms with E-state index in [0.717, 1.165) is 18.8 Å². The first kappa shape index (κ1) is 9.36. The van der Waals surface area contributed by atoms with Gasteiger partial charge in [-0.25, -0.2) is 0 Å². The van der Waals surface area contributed by atoms with Gasteiger partial charge in [0.15, 0.2) is 0 Å². The van der Waals surface area contributed by atoms with Gasteiger partial charge in [0.2, 0.25) is 0 Å². The predicted octanol–water partition coefficient (Wildman–Crippen LogP) is 2.81. The fraction of sp³-hybridized carbons (Fsp3) is 0.364. The largest absolute Gasteiger partial charge is 0.371 e. The first-order chi connectivity index (χ1) is 6.81. The second-order valence-electron chi connectivity index (χ2n) is 3.47. The highest BCUT2D eigenvalue weighted by Crippen LogP contribution is 2.25. The van der Waals surface area contributed by atoms with Crippen LogP contribution in [0.15, 0.2) is 18.2 Å². The predicted molar refractivity (Wildman–Crippen MR) is 57.6 cm³/mol. The van der Waals surface area contributed by atoms with E-state index in [0.29, 0.717) is 10.6 Å². The lowest BCUT2D eigenvalue weighted by molar-refractivity contribution is 0.949. The molecule has 2 nitrogen and oxygen atoms in total. The van der Waals surface area contributed by atoms with E-state index in [-0.39, 0.29) is 0 Å². The quantitative estimate of drug-likeness (QED) is 0.707. The van der Waals surface area contributed by atoms with Crippen molar-refractivity contribution in [1.29, 1.82) is 5.26 Å². The Labute approximate surface area is 88.7 Å².